The molecule has 1 saturated heterocycles. The first-order valence-electron chi connectivity index (χ1n) is 8.93. The third-order valence-corrected chi connectivity index (χ3v) is 4.98. The Hall–Kier alpha value is -2.27. The maximum Gasteiger partial charge on any atom is 0.234 e. The topological polar surface area (TPSA) is 40.5 Å². The van der Waals surface area contributed by atoms with E-state index < -0.39 is 0 Å². The number of aryl methyl sites for hydroxylation is 1. The first-order chi connectivity index (χ1) is 12.0. The quantitative estimate of drug-likeness (QED) is 0.878. The summed E-state index contributed by atoms with van der Waals surface area (Å²) in [4.78, 5) is 16.7. The summed E-state index contributed by atoms with van der Waals surface area (Å²) in [5.41, 5.74) is 3.58. The number of nitrogens with zero attached hydrogens (tertiary/aromatic N) is 3. The highest BCUT2D eigenvalue weighted by Crippen LogP contribution is 2.31. The molecule has 1 amide bonds. The molecule has 0 radical (unpaired) electrons. The number of benzene rings is 1. The van der Waals surface area contributed by atoms with Crippen LogP contribution in [0.1, 0.15) is 30.1 Å². The van der Waals surface area contributed by atoms with Crippen molar-refractivity contribution in [1.82, 2.24) is 14.8 Å². The van der Waals surface area contributed by atoms with E-state index in [9.17, 15) is 4.79 Å². The zero-order valence-corrected chi connectivity index (χ0v) is 15.4. The average Bonchev–Trinajstić information content (AvgIpc) is 3.21. The van der Waals surface area contributed by atoms with Crippen LogP contribution in [0.25, 0.3) is 0 Å². The third kappa shape index (κ3) is 4.23. The highest BCUT2D eigenvalue weighted by Gasteiger charge is 2.28. The zero-order chi connectivity index (χ0) is 17.8. The molecular weight excluding hydrogens is 312 g/mol. The average molecular weight is 340 g/mol. The molecule has 1 aromatic heterocycles. The molecule has 0 spiro atoms. The van der Waals surface area contributed by atoms with E-state index in [2.05, 4.69) is 69.3 Å². The Morgan fingerprint density at radius 1 is 1.24 bits per heavy atom. The Balaban J connectivity index is 1.53. The minimum atomic E-state index is 0.0952. The second kappa shape index (κ2) is 7.74. The van der Waals surface area contributed by atoms with Gasteiger partial charge in [0.05, 0.1) is 12.6 Å². The van der Waals surface area contributed by atoms with Gasteiger partial charge in [-0.05, 0) is 49.2 Å². The van der Waals surface area contributed by atoms with Crippen molar-refractivity contribution < 1.29 is 4.79 Å². The smallest absolute Gasteiger partial charge is 0.234 e. The number of hydrogen-bond donors (Lipinski definition) is 1. The molecule has 1 atom stereocenters. The van der Waals surface area contributed by atoms with Crippen molar-refractivity contribution >= 4 is 11.6 Å². The van der Waals surface area contributed by atoms with Gasteiger partial charge in [-0.1, -0.05) is 12.1 Å². The van der Waals surface area contributed by atoms with Crippen LogP contribution >= 0.6 is 0 Å². The summed E-state index contributed by atoms with van der Waals surface area (Å²) < 4.78 is 2.16. The molecule has 5 nitrogen and oxygen atoms in total. The van der Waals surface area contributed by atoms with E-state index in [1.165, 1.54) is 5.69 Å². The molecule has 1 aliphatic heterocycles. The summed E-state index contributed by atoms with van der Waals surface area (Å²) in [6.07, 6.45) is 4.34. The number of hydrogen-bond acceptors (Lipinski definition) is 3. The Morgan fingerprint density at radius 2 is 2.00 bits per heavy atom. The van der Waals surface area contributed by atoms with E-state index in [1.54, 1.807) is 0 Å². The maximum atomic E-state index is 12.4. The van der Waals surface area contributed by atoms with Crippen molar-refractivity contribution in [3.63, 3.8) is 0 Å². The molecule has 1 N–H and O–H groups in total. The molecule has 2 aromatic rings. The Bertz CT molecular complexity index is 705. The van der Waals surface area contributed by atoms with Gasteiger partial charge in [0, 0.05) is 45.3 Å². The van der Waals surface area contributed by atoms with Gasteiger partial charge in [-0.25, -0.2) is 0 Å². The molecule has 5 heteroatoms. The van der Waals surface area contributed by atoms with Gasteiger partial charge < -0.3 is 14.8 Å². The van der Waals surface area contributed by atoms with Gasteiger partial charge in [-0.3, -0.25) is 9.69 Å². The molecule has 0 bridgehead atoms. The van der Waals surface area contributed by atoms with Crippen molar-refractivity contribution in [2.45, 2.75) is 25.4 Å². The summed E-state index contributed by atoms with van der Waals surface area (Å²) >= 11 is 0. The van der Waals surface area contributed by atoms with E-state index in [1.807, 2.05) is 14.1 Å². The van der Waals surface area contributed by atoms with Gasteiger partial charge >= 0.3 is 0 Å². The first kappa shape index (κ1) is 17.5. The van der Waals surface area contributed by atoms with E-state index >= 15 is 0 Å². The van der Waals surface area contributed by atoms with E-state index in [-0.39, 0.29) is 5.91 Å². The number of aromatic nitrogens is 1. The molecule has 1 fully saturated rings. The molecule has 1 aromatic carbocycles. The fourth-order valence-corrected chi connectivity index (χ4v) is 3.52. The van der Waals surface area contributed by atoms with Crippen molar-refractivity contribution in [1.29, 1.82) is 0 Å². The van der Waals surface area contributed by atoms with E-state index in [0.717, 1.165) is 30.6 Å². The van der Waals surface area contributed by atoms with Crippen LogP contribution in [0.2, 0.25) is 0 Å². The second-order valence-corrected chi connectivity index (χ2v) is 7.01. The van der Waals surface area contributed by atoms with Gasteiger partial charge in [-0.2, -0.15) is 0 Å². The van der Waals surface area contributed by atoms with Gasteiger partial charge in [-0.15, -0.1) is 0 Å². The molecule has 25 heavy (non-hydrogen) atoms. The van der Waals surface area contributed by atoms with Gasteiger partial charge in [0.2, 0.25) is 5.91 Å². The fourth-order valence-electron chi connectivity index (χ4n) is 3.52. The SMILES string of the molecule is CN(C)c1ccc(CNC(=O)CN2CCC[C@@H]2c2cccn2C)cc1. The van der Waals surface area contributed by atoms with E-state index in [4.69, 9.17) is 0 Å². The van der Waals surface area contributed by atoms with Gasteiger partial charge in [0.1, 0.15) is 0 Å². The minimum Gasteiger partial charge on any atom is -0.378 e. The lowest BCUT2D eigenvalue weighted by atomic mass is 10.1. The van der Waals surface area contributed by atoms with Gasteiger partial charge in [0.25, 0.3) is 0 Å². The van der Waals surface area contributed by atoms with Crippen molar-refractivity contribution in [2.24, 2.45) is 7.05 Å². The molecule has 1 aliphatic rings. The summed E-state index contributed by atoms with van der Waals surface area (Å²) in [6.45, 7) is 2.03. The Morgan fingerprint density at radius 3 is 2.64 bits per heavy atom. The fraction of sp³-hybridized carbons (Fsp3) is 0.450. The lowest BCUT2D eigenvalue weighted by Gasteiger charge is -2.24. The molecule has 3 rings (SSSR count). The highest BCUT2D eigenvalue weighted by molar-refractivity contribution is 5.78. The van der Waals surface area contributed by atoms with Crippen LogP contribution < -0.4 is 10.2 Å². The number of rotatable bonds is 6. The standard InChI is InChI=1S/C20H28N4O/c1-22(2)17-10-8-16(9-11-17)14-21-20(25)15-24-13-5-7-19(24)18-6-4-12-23(18)3/h4,6,8-12,19H,5,7,13-15H2,1-3H3,(H,21,25)/t19-/m1/s1. The van der Waals surface area contributed by atoms with Crippen LogP contribution in [0, 0.1) is 0 Å². The third-order valence-electron chi connectivity index (χ3n) is 4.98. The lowest BCUT2D eigenvalue weighted by Crippen LogP contribution is -2.37. The van der Waals surface area contributed by atoms with Crippen LogP contribution in [-0.4, -0.2) is 42.6 Å². The van der Waals surface area contributed by atoms with Gasteiger partial charge in [0.15, 0.2) is 0 Å². The summed E-state index contributed by atoms with van der Waals surface area (Å²) in [5.74, 6) is 0.0952. The minimum absolute atomic E-state index is 0.0952. The van der Waals surface area contributed by atoms with Crippen LogP contribution in [0.4, 0.5) is 5.69 Å². The molecule has 0 saturated carbocycles. The summed E-state index contributed by atoms with van der Waals surface area (Å²) in [5, 5.41) is 3.05. The summed E-state index contributed by atoms with van der Waals surface area (Å²) in [6, 6.07) is 12.9. The Kier molecular flexibility index (Phi) is 5.43. The van der Waals surface area contributed by atoms with Crippen molar-refractivity contribution in [3.05, 3.63) is 53.9 Å². The molecule has 2 heterocycles. The second-order valence-electron chi connectivity index (χ2n) is 7.01. The maximum absolute atomic E-state index is 12.4. The number of carbonyl (C=O) groups excluding carboxylic acids is 1. The van der Waals surface area contributed by atoms with Crippen LogP contribution in [-0.2, 0) is 18.4 Å². The molecule has 0 unspecified atom stereocenters. The largest absolute Gasteiger partial charge is 0.378 e. The molecule has 0 aliphatic carbocycles. The first-order valence-corrected chi connectivity index (χ1v) is 8.93. The lowest BCUT2D eigenvalue weighted by molar-refractivity contribution is -0.122. The van der Waals surface area contributed by atoms with E-state index in [0.29, 0.717) is 19.1 Å². The van der Waals surface area contributed by atoms with Crippen LogP contribution in [0.3, 0.4) is 0 Å². The normalized spacial score (nSPS) is 17.6. The predicted octanol–water partition coefficient (Wildman–Crippen LogP) is 2.54. The Labute approximate surface area is 150 Å². The number of carbonyl (C=O) groups is 1. The number of anilines is 1. The predicted molar refractivity (Wildman–Crippen MR) is 102 cm³/mol. The van der Waals surface area contributed by atoms with Crippen molar-refractivity contribution in [2.75, 3.05) is 32.1 Å². The monoisotopic (exact) mass is 340 g/mol. The number of nitrogens with one attached hydrogen (secondary N) is 1. The van der Waals surface area contributed by atoms with Crippen LogP contribution in [0.15, 0.2) is 42.6 Å². The van der Waals surface area contributed by atoms with Crippen LogP contribution in [0.5, 0.6) is 0 Å². The van der Waals surface area contributed by atoms with Crippen molar-refractivity contribution in [3.8, 4) is 0 Å². The number of likely N-dealkylation sites (tertiary alicyclic amines) is 1. The molecular formula is C20H28N4O. The molecule has 134 valence electrons. The summed E-state index contributed by atoms with van der Waals surface area (Å²) in [7, 11) is 6.12. The number of amides is 1. The zero-order valence-electron chi connectivity index (χ0n) is 15.4. The highest BCUT2D eigenvalue weighted by atomic mass is 16.2.